The van der Waals surface area contributed by atoms with Gasteiger partial charge in [-0.3, -0.25) is 10.7 Å². The summed E-state index contributed by atoms with van der Waals surface area (Å²) in [6, 6.07) is 16.7. The van der Waals surface area contributed by atoms with Crippen molar-refractivity contribution in [3.8, 4) is 5.75 Å². The van der Waals surface area contributed by atoms with Crippen LogP contribution in [0, 0.1) is 0 Å². The van der Waals surface area contributed by atoms with E-state index in [1.807, 2.05) is 54.6 Å². The third kappa shape index (κ3) is 2.67. The zero-order chi connectivity index (χ0) is 12.8. The van der Waals surface area contributed by atoms with Crippen LogP contribution >= 0.6 is 0 Å². The van der Waals surface area contributed by atoms with E-state index in [1.165, 1.54) is 0 Å². The van der Waals surface area contributed by atoms with E-state index in [9.17, 15) is 5.21 Å². The van der Waals surface area contributed by atoms with E-state index in [4.69, 9.17) is 4.74 Å². The number of hydrogen-bond acceptors (Lipinski definition) is 3. The Morgan fingerprint density at radius 1 is 1.06 bits per heavy atom. The number of para-hydroxylation sites is 2. The van der Waals surface area contributed by atoms with Gasteiger partial charge in [-0.15, -0.1) is 0 Å². The molecule has 4 heteroatoms. The molecule has 0 saturated carbocycles. The van der Waals surface area contributed by atoms with Gasteiger partial charge in [-0.1, -0.05) is 42.5 Å². The van der Waals surface area contributed by atoms with Crippen LogP contribution in [0.3, 0.4) is 0 Å². The number of methoxy groups -OCH3 is 1. The summed E-state index contributed by atoms with van der Waals surface area (Å²) in [7, 11) is 1.59. The number of benzene rings is 2. The van der Waals surface area contributed by atoms with Crippen molar-refractivity contribution >= 4 is 11.5 Å². The van der Waals surface area contributed by atoms with Crippen molar-refractivity contribution in [3.63, 3.8) is 0 Å². The lowest BCUT2D eigenvalue weighted by molar-refractivity contribution is 0.235. The molecule has 18 heavy (non-hydrogen) atoms. The van der Waals surface area contributed by atoms with E-state index in [0.717, 1.165) is 5.56 Å². The van der Waals surface area contributed by atoms with Gasteiger partial charge in [-0.05, 0) is 12.1 Å². The molecular formula is C14H14N2O2. The second-order valence-electron chi connectivity index (χ2n) is 3.61. The highest BCUT2D eigenvalue weighted by atomic mass is 16.5. The van der Waals surface area contributed by atoms with Gasteiger partial charge < -0.3 is 4.74 Å². The average Bonchev–Trinajstić information content (AvgIpc) is 2.46. The molecule has 0 aliphatic rings. The third-order valence-electron chi connectivity index (χ3n) is 2.47. The first-order valence-corrected chi connectivity index (χ1v) is 5.52. The van der Waals surface area contributed by atoms with E-state index in [-0.39, 0.29) is 0 Å². The van der Waals surface area contributed by atoms with E-state index < -0.39 is 0 Å². The SMILES string of the molecule is COc1ccccc1N=C(NO)c1ccccc1. The zero-order valence-electron chi connectivity index (χ0n) is 10.00. The summed E-state index contributed by atoms with van der Waals surface area (Å²) in [5, 5.41) is 9.18. The molecule has 0 heterocycles. The summed E-state index contributed by atoms with van der Waals surface area (Å²) in [6.45, 7) is 0. The van der Waals surface area contributed by atoms with Crippen LogP contribution in [0.1, 0.15) is 5.56 Å². The molecule has 92 valence electrons. The summed E-state index contributed by atoms with van der Waals surface area (Å²) in [5.41, 5.74) is 3.56. The summed E-state index contributed by atoms with van der Waals surface area (Å²) < 4.78 is 5.21. The standard InChI is InChI=1S/C14H14N2O2/c1-18-13-10-6-5-9-12(13)15-14(16-17)11-7-3-2-4-8-11/h2-10,17H,1H3,(H,15,16). The quantitative estimate of drug-likeness (QED) is 0.494. The fraction of sp³-hybridized carbons (Fsp3) is 0.0714. The number of amidine groups is 1. The molecule has 0 fully saturated rings. The van der Waals surface area contributed by atoms with Crippen LogP contribution in [0.5, 0.6) is 5.75 Å². The fourth-order valence-electron chi connectivity index (χ4n) is 1.59. The van der Waals surface area contributed by atoms with Gasteiger partial charge in [0.15, 0.2) is 5.84 Å². The Kier molecular flexibility index (Phi) is 3.94. The third-order valence-corrected chi connectivity index (χ3v) is 2.47. The van der Waals surface area contributed by atoms with Crippen molar-refractivity contribution in [2.75, 3.05) is 7.11 Å². The number of nitrogens with zero attached hydrogens (tertiary/aromatic N) is 1. The topological polar surface area (TPSA) is 53.8 Å². The van der Waals surface area contributed by atoms with E-state index in [0.29, 0.717) is 17.3 Å². The van der Waals surface area contributed by atoms with Crippen molar-refractivity contribution in [2.24, 2.45) is 4.99 Å². The van der Waals surface area contributed by atoms with E-state index in [1.54, 1.807) is 7.11 Å². The van der Waals surface area contributed by atoms with Crippen LogP contribution in [0.25, 0.3) is 0 Å². The maximum Gasteiger partial charge on any atom is 0.157 e. The highest BCUT2D eigenvalue weighted by Crippen LogP contribution is 2.26. The molecule has 2 N–H and O–H groups in total. The number of hydrogen-bond donors (Lipinski definition) is 2. The lowest BCUT2D eigenvalue weighted by Crippen LogP contribution is -2.19. The van der Waals surface area contributed by atoms with Gasteiger partial charge in [0.25, 0.3) is 0 Å². The lowest BCUT2D eigenvalue weighted by Gasteiger charge is -2.07. The largest absolute Gasteiger partial charge is 0.494 e. The minimum Gasteiger partial charge on any atom is -0.494 e. The van der Waals surface area contributed by atoms with Crippen LogP contribution in [-0.2, 0) is 0 Å². The van der Waals surface area contributed by atoms with E-state index in [2.05, 4.69) is 10.5 Å². The highest BCUT2D eigenvalue weighted by molar-refractivity contribution is 5.99. The summed E-state index contributed by atoms with van der Waals surface area (Å²) in [4.78, 5) is 4.35. The Morgan fingerprint density at radius 3 is 2.39 bits per heavy atom. The molecular weight excluding hydrogens is 228 g/mol. The summed E-state index contributed by atoms with van der Waals surface area (Å²) in [6.07, 6.45) is 0. The molecule has 2 aromatic carbocycles. The first kappa shape index (κ1) is 12.1. The Labute approximate surface area is 106 Å². The van der Waals surface area contributed by atoms with Gasteiger partial charge >= 0.3 is 0 Å². The van der Waals surface area contributed by atoms with Crippen LogP contribution in [-0.4, -0.2) is 18.2 Å². The molecule has 2 aromatic rings. The van der Waals surface area contributed by atoms with Crippen molar-refractivity contribution in [2.45, 2.75) is 0 Å². The second-order valence-corrected chi connectivity index (χ2v) is 3.61. The highest BCUT2D eigenvalue weighted by Gasteiger charge is 2.04. The average molecular weight is 242 g/mol. The predicted molar refractivity (Wildman–Crippen MR) is 70.6 cm³/mol. The van der Waals surface area contributed by atoms with Crippen molar-refractivity contribution < 1.29 is 9.94 Å². The van der Waals surface area contributed by atoms with Crippen LogP contribution in [0.4, 0.5) is 5.69 Å². The first-order valence-electron chi connectivity index (χ1n) is 5.52. The van der Waals surface area contributed by atoms with Crippen LogP contribution in [0.2, 0.25) is 0 Å². The number of ether oxygens (including phenoxy) is 1. The smallest absolute Gasteiger partial charge is 0.157 e. The van der Waals surface area contributed by atoms with Crippen molar-refractivity contribution in [3.05, 3.63) is 60.2 Å². The fourth-order valence-corrected chi connectivity index (χ4v) is 1.59. The number of hydroxylamine groups is 1. The number of nitrogens with one attached hydrogen (secondary N) is 1. The minimum absolute atomic E-state index is 0.375. The molecule has 0 aliphatic carbocycles. The Hall–Kier alpha value is -2.33. The maximum atomic E-state index is 9.18. The van der Waals surface area contributed by atoms with Gasteiger partial charge in [0, 0.05) is 5.56 Å². The molecule has 0 aliphatic heterocycles. The molecule has 0 unspecified atom stereocenters. The molecule has 0 bridgehead atoms. The normalized spacial score (nSPS) is 11.1. The predicted octanol–water partition coefficient (Wildman–Crippen LogP) is 2.75. The van der Waals surface area contributed by atoms with E-state index >= 15 is 0 Å². The minimum atomic E-state index is 0.375. The van der Waals surface area contributed by atoms with Crippen molar-refractivity contribution in [1.29, 1.82) is 0 Å². The molecule has 0 atom stereocenters. The van der Waals surface area contributed by atoms with Gasteiger partial charge in [0.2, 0.25) is 0 Å². The number of rotatable bonds is 3. The summed E-state index contributed by atoms with van der Waals surface area (Å²) in [5.74, 6) is 1.03. The van der Waals surface area contributed by atoms with Crippen molar-refractivity contribution in [1.82, 2.24) is 5.48 Å². The summed E-state index contributed by atoms with van der Waals surface area (Å²) >= 11 is 0. The number of aliphatic imine (C=N–C) groups is 1. The molecule has 0 aromatic heterocycles. The lowest BCUT2D eigenvalue weighted by atomic mass is 10.2. The van der Waals surface area contributed by atoms with Gasteiger partial charge in [-0.25, -0.2) is 4.99 Å². The van der Waals surface area contributed by atoms with Crippen LogP contribution in [0.15, 0.2) is 59.6 Å². The monoisotopic (exact) mass is 242 g/mol. The molecule has 0 radical (unpaired) electrons. The van der Waals surface area contributed by atoms with Gasteiger partial charge in [0.05, 0.1) is 7.11 Å². The molecule has 4 nitrogen and oxygen atoms in total. The zero-order valence-corrected chi connectivity index (χ0v) is 10.00. The molecule has 0 spiro atoms. The van der Waals surface area contributed by atoms with Crippen LogP contribution < -0.4 is 10.2 Å². The van der Waals surface area contributed by atoms with Gasteiger partial charge in [-0.2, -0.15) is 0 Å². The second kappa shape index (κ2) is 5.84. The molecule has 0 amide bonds. The Bertz CT molecular complexity index is 539. The van der Waals surface area contributed by atoms with Gasteiger partial charge in [0.1, 0.15) is 11.4 Å². The first-order chi connectivity index (χ1) is 8.85. The molecule has 2 rings (SSSR count). The molecule has 0 saturated heterocycles. The maximum absolute atomic E-state index is 9.18. The Morgan fingerprint density at radius 2 is 1.72 bits per heavy atom. The Balaban J connectivity index is 2.41.